The van der Waals surface area contributed by atoms with Crippen molar-refractivity contribution < 1.29 is 28.8 Å². The van der Waals surface area contributed by atoms with Gasteiger partial charge in [0.2, 0.25) is 23.6 Å². The zero-order valence-corrected chi connectivity index (χ0v) is 17.9. The molecule has 10 heteroatoms. The fourth-order valence-electron chi connectivity index (χ4n) is 3.73. The van der Waals surface area contributed by atoms with Gasteiger partial charge in [0.05, 0.1) is 16.8 Å². The molecule has 2 heterocycles. The summed E-state index contributed by atoms with van der Waals surface area (Å²) < 4.78 is 0. The number of hydrogen-bond donors (Lipinski definition) is 3. The van der Waals surface area contributed by atoms with Crippen LogP contribution in [0.15, 0.2) is 18.2 Å². The number of amides is 6. The number of anilines is 1. The van der Waals surface area contributed by atoms with Gasteiger partial charge in [-0.25, -0.2) is 0 Å². The monoisotopic (exact) mass is 442 g/mol. The molecule has 1 fully saturated rings. The molecule has 0 aliphatic carbocycles. The van der Waals surface area contributed by atoms with Crippen LogP contribution in [-0.4, -0.2) is 52.9 Å². The first-order valence-corrected chi connectivity index (χ1v) is 10.7. The lowest BCUT2D eigenvalue weighted by Crippen LogP contribution is -2.54. The third-order valence-electron chi connectivity index (χ3n) is 5.40. The third-order valence-corrected chi connectivity index (χ3v) is 5.40. The minimum Gasteiger partial charge on any atom is -0.356 e. The standard InChI is InChI=1S/C22H26N4O6/c1-2-3-12-23-16(27)8-5-9-17(28)24-14-7-4-6-13-19(14)22(32)26(21(13)31)15-10-11-18(29)25-20(15)30/h4,6-7,15H,2-3,5,8-12H2,1H3,(H,23,27)(H,24,28)(H,25,29,30). The maximum absolute atomic E-state index is 13.0. The summed E-state index contributed by atoms with van der Waals surface area (Å²) in [6.45, 7) is 2.64. The predicted molar refractivity (Wildman–Crippen MR) is 114 cm³/mol. The summed E-state index contributed by atoms with van der Waals surface area (Å²) in [6, 6.07) is 3.43. The van der Waals surface area contributed by atoms with Gasteiger partial charge in [-0.1, -0.05) is 19.4 Å². The highest BCUT2D eigenvalue weighted by molar-refractivity contribution is 6.26. The lowest BCUT2D eigenvalue weighted by atomic mass is 10.0. The molecular weight excluding hydrogens is 416 g/mol. The summed E-state index contributed by atoms with van der Waals surface area (Å²) >= 11 is 0. The Morgan fingerprint density at radius 2 is 1.81 bits per heavy atom. The number of imide groups is 2. The van der Waals surface area contributed by atoms with Crippen molar-refractivity contribution >= 4 is 41.1 Å². The first-order valence-electron chi connectivity index (χ1n) is 10.7. The molecule has 0 radical (unpaired) electrons. The van der Waals surface area contributed by atoms with Crippen molar-refractivity contribution in [1.29, 1.82) is 0 Å². The molecule has 2 aliphatic heterocycles. The summed E-state index contributed by atoms with van der Waals surface area (Å²) in [5.41, 5.74) is 0.286. The molecule has 3 rings (SSSR count). The Morgan fingerprint density at radius 1 is 1.06 bits per heavy atom. The van der Waals surface area contributed by atoms with Crippen molar-refractivity contribution in [2.45, 2.75) is 57.9 Å². The zero-order chi connectivity index (χ0) is 23.3. The molecule has 1 saturated heterocycles. The van der Waals surface area contributed by atoms with Crippen LogP contribution in [0.25, 0.3) is 0 Å². The van der Waals surface area contributed by atoms with Crippen LogP contribution >= 0.6 is 0 Å². The third kappa shape index (κ3) is 5.01. The normalized spacial score (nSPS) is 17.8. The Morgan fingerprint density at radius 3 is 2.53 bits per heavy atom. The van der Waals surface area contributed by atoms with Crippen LogP contribution in [-0.2, 0) is 19.2 Å². The first-order chi connectivity index (χ1) is 15.3. The Labute approximate surface area is 185 Å². The van der Waals surface area contributed by atoms with E-state index < -0.39 is 29.7 Å². The van der Waals surface area contributed by atoms with Gasteiger partial charge >= 0.3 is 0 Å². The maximum atomic E-state index is 13.0. The van der Waals surface area contributed by atoms with E-state index in [4.69, 9.17) is 0 Å². The molecule has 3 N–H and O–H groups in total. The van der Waals surface area contributed by atoms with Crippen molar-refractivity contribution in [2.75, 3.05) is 11.9 Å². The quantitative estimate of drug-likeness (QED) is 0.386. The van der Waals surface area contributed by atoms with Gasteiger partial charge in [-0.3, -0.25) is 39.0 Å². The van der Waals surface area contributed by atoms with Crippen LogP contribution in [0.4, 0.5) is 5.69 Å². The lowest BCUT2D eigenvalue weighted by molar-refractivity contribution is -0.136. The Balaban J connectivity index is 1.63. The molecular formula is C22H26N4O6. The molecule has 0 bridgehead atoms. The minimum absolute atomic E-state index is 0.0212. The Kier molecular flexibility index (Phi) is 7.34. The van der Waals surface area contributed by atoms with Crippen molar-refractivity contribution in [3.05, 3.63) is 29.3 Å². The van der Waals surface area contributed by atoms with Gasteiger partial charge < -0.3 is 10.6 Å². The Hall–Kier alpha value is -3.56. The van der Waals surface area contributed by atoms with Crippen molar-refractivity contribution in [3.63, 3.8) is 0 Å². The highest BCUT2D eigenvalue weighted by atomic mass is 16.2. The number of nitrogens with zero attached hydrogens (tertiary/aromatic N) is 1. The number of piperidine rings is 1. The van der Waals surface area contributed by atoms with Gasteiger partial charge in [-0.15, -0.1) is 0 Å². The number of unbranched alkanes of at least 4 members (excludes halogenated alkanes) is 1. The number of rotatable bonds is 9. The second-order valence-electron chi connectivity index (χ2n) is 7.78. The highest BCUT2D eigenvalue weighted by Gasteiger charge is 2.45. The van der Waals surface area contributed by atoms with E-state index in [1.54, 1.807) is 0 Å². The topological polar surface area (TPSA) is 142 Å². The predicted octanol–water partition coefficient (Wildman–Crippen LogP) is 1.11. The van der Waals surface area contributed by atoms with Crippen LogP contribution in [0.5, 0.6) is 0 Å². The van der Waals surface area contributed by atoms with E-state index in [2.05, 4.69) is 16.0 Å². The van der Waals surface area contributed by atoms with E-state index in [1.807, 2.05) is 6.92 Å². The van der Waals surface area contributed by atoms with Crippen molar-refractivity contribution in [1.82, 2.24) is 15.5 Å². The van der Waals surface area contributed by atoms with Crippen LogP contribution in [0.2, 0.25) is 0 Å². The fourth-order valence-corrected chi connectivity index (χ4v) is 3.73. The smallest absolute Gasteiger partial charge is 0.264 e. The molecule has 1 aromatic carbocycles. The number of carbonyl (C=O) groups excluding carboxylic acids is 6. The molecule has 32 heavy (non-hydrogen) atoms. The van der Waals surface area contributed by atoms with Crippen LogP contribution < -0.4 is 16.0 Å². The lowest BCUT2D eigenvalue weighted by Gasteiger charge is -2.27. The van der Waals surface area contributed by atoms with Gasteiger partial charge in [0, 0.05) is 25.8 Å². The molecule has 0 saturated carbocycles. The second kappa shape index (κ2) is 10.2. The number of fused-ring (bicyclic) bond motifs is 1. The van der Waals surface area contributed by atoms with E-state index >= 15 is 0 Å². The van der Waals surface area contributed by atoms with Gasteiger partial charge in [0.15, 0.2) is 0 Å². The van der Waals surface area contributed by atoms with Gasteiger partial charge in [0.1, 0.15) is 6.04 Å². The molecule has 1 atom stereocenters. The summed E-state index contributed by atoms with van der Waals surface area (Å²) in [5.74, 6) is -2.98. The average Bonchev–Trinajstić information content (AvgIpc) is 3.00. The number of nitrogens with one attached hydrogen (secondary N) is 3. The molecule has 0 spiro atoms. The van der Waals surface area contributed by atoms with Crippen molar-refractivity contribution in [3.8, 4) is 0 Å². The first kappa shape index (κ1) is 23.1. The van der Waals surface area contributed by atoms with Crippen LogP contribution in [0.3, 0.4) is 0 Å². The Bertz CT molecular complexity index is 973. The van der Waals surface area contributed by atoms with Crippen LogP contribution in [0, 0.1) is 0 Å². The maximum Gasteiger partial charge on any atom is 0.264 e. The molecule has 170 valence electrons. The number of benzene rings is 1. The van der Waals surface area contributed by atoms with Crippen molar-refractivity contribution in [2.24, 2.45) is 0 Å². The van der Waals surface area contributed by atoms with E-state index in [1.165, 1.54) is 18.2 Å². The number of carbonyl (C=O) groups is 6. The van der Waals surface area contributed by atoms with Gasteiger partial charge in [0.25, 0.3) is 11.8 Å². The van der Waals surface area contributed by atoms with E-state index in [0.29, 0.717) is 13.0 Å². The summed E-state index contributed by atoms with van der Waals surface area (Å²) in [4.78, 5) is 74.3. The minimum atomic E-state index is -1.07. The summed E-state index contributed by atoms with van der Waals surface area (Å²) in [6.07, 6.45) is 2.58. The largest absolute Gasteiger partial charge is 0.356 e. The van der Waals surface area contributed by atoms with Gasteiger partial charge in [-0.2, -0.15) is 0 Å². The summed E-state index contributed by atoms with van der Waals surface area (Å²) in [5, 5.41) is 7.56. The molecule has 1 unspecified atom stereocenters. The number of hydrogen-bond acceptors (Lipinski definition) is 6. The summed E-state index contributed by atoms with van der Waals surface area (Å²) in [7, 11) is 0. The molecule has 10 nitrogen and oxygen atoms in total. The van der Waals surface area contributed by atoms with E-state index in [9.17, 15) is 28.8 Å². The van der Waals surface area contributed by atoms with Gasteiger partial charge in [-0.05, 0) is 31.4 Å². The fraction of sp³-hybridized carbons (Fsp3) is 0.455. The van der Waals surface area contributed by atoms with E-state index in [0.717, 1.165) is 17.7 Å². The molecule has 0 aromatic heterocycles. The molecule has 2 aliphatic rings. The molecule has 1 aromatic rings. The second-order valence-corrected chi connectivity index (χ2v) is 7.78. The zero-order valence-electron chi connectivity index (χ0n) is 17.9. The van der Waals surface area contributed by atoms with E-state index in [-0.39, 0.29) is 54.3 Å². The SMILES string of the molecule is CCCCNC(=O)CCCC(=O)Nc1cccc2c1C(=O)N(C1CCC(=O)NC1=O)C2=O. The van der Waals surface area contributed by atoms with Crippen LogP contribution in [0.1, 0.15) is 72.6 Å². The highest BCUT2D eigenvalue weighted by Crippen LogP contribution is 2.32. The average molecular weight is 442 g/mol. The molecule has 6 amide bonds.